The molecule has 1 aromatic heterocycles. The van der Waals surface area contributed by atoms with Gasteiger partial charge in [0.15, 0.2) is 5.78 Å². The van der Waals surface area contributed by atoms with Gasteiger partial charge in [0.05, 0.1) is 0 Å². The first-order valence-corrected chi connectivity index (χ1v) is 8.05. The third-order valence-electron chi connectivity index (χ3n) is 3.65. The second-order valence-corrected chi connectivity index (χ2v) is 6.11. The van der Waals surface area contributed by atoms with E-state index in [0.717, 1.165) is 22.4 Å². The van der Waals surface area contributed by atoms with E-state index < -0.39 is 0 Å². The molecular formula is C19H17NOS. The van der Waals surface area contributed by atoms with Crippen LogP contribution in [0.2, 0.25) is 0 Å². The number of hydrogen-bond donors (Lipinski definition) is 0. The van der Waals surface area contributed by atoms with E-state index in [4.69, 9.17) is 0 Å². The molecule has 0 saturated carbocycles. The van der Waals surface area contributed by atoms with Crippen LogP contribution in [-0.4, -0.2) is 19.9 Å². The number of anilines is 1. The van der Waals surface area contributed by atoms with Gasteiger partial charge in [-0.05, 0) is 52.2 Å². The Hall–Kier alpha value is -2.39. The van der Waals surface area contributed by atoms with Crippen molar-refractivity contribution in [2.75, 3.05) is 19.0 Å². The number of carbonyl (C=O) groups is 1. The number of ketones is 1. The van der Waals surface area contributed by atoms with E-state index in [-0.39, 0.29) is 5.78 Å². The van der Waals surface area contributed by atoms with Crippen molar-refractivity contribution in [1.29, 1.82) is 0 Å². The second kappa shape index (κ2) is 6.16. The van der Waals surface area contributed by atoms with Gasteiger partial charge in [-0.15, -0.1) is 0 Å². The average Bonchev–Trinajstić information content (AvgIpc) is 3.08. The highest BCUT2D eigenvalue weighted by molar-refractivity contribution is 7.08. The molecule has 1 heterocycles. The topological polar surface area (TPSA) is 20.3 Å². The van der Waals surface area contributed by atoms with Crippen LogP contribution < -0.4 is 4.90 Å². The molecule has 0 N–H and O–H groups in total. The van der Waals surface area contributed by atoms with Gasteiger partial charge in [0, 0.05) is 30.9 Å². The summed E-state index contributed by atoms with van der Waals surface area (Å²) in [5, 5.41) is 4.10. The normalized spacial score (nSPS) is 10.5. The Kier molecular flexibility index (Phi) is 4.07. The van der Waals surface area contributed by atoms with E-state index in [1.165, 1.54) is 0 Å². The van der Waals surface area contributed by atoms with Gasteiger partial charge in [-0.2, -0.15) is 11.3 Å². The van der Waals surface area contributed by atoms with Crippen LogP contribution in [0.4, 0.5) is 5.69 Å². The average molecular weight is 307 g/mol. The van der Waals surface area contributed by atoms with Gasteiger partial charge < -0.3 is 4.90 Å². The Labute approximate surface area is 134 Å². The number of hydrogen-bond acceptors (Lipinski definition) is 3. The van der Waals surface area contributed by atoms with E-state index in [9.17, 15) is 4.79 Å². The Balaban J connectivity index is 1.99. The summed E-state index contributed by atoms with van der Waals surface area (Å²) >= 11 is 1.64. The molecule has 0 aliphatic carbocycles. The highest BCUT2D eigenvalue weighted by Gasteiger charge is 2.14. The van der Waals surface area contributed by atoms with Gasteiger partial charge in [0.1, 0.15) is 0 Å². The van der Waals surface area contributed by atoms with E-state index >= 15 is 0 Å². The van der Waals surface area contributed by atoms with Crippen LogP contribution >= 0.6 is 11.3 Å². The first-order chi connectivity index (χ1) is 10.7. The zero-order valence-corrected chi connectivity index (χ0v) is 13.4. The summed E-state index contributed by atoms with van der Waals surface area (Å²) in [5.41, 5.74) is 4.64. The summed E-state index contributed by atoms with van der Waals surface area (Å²) in [6.07, 6.45) is 0. The van der Waals surface area contributed by atoms with E-state index in [0.29, 0.717) is 5.56 Å². The first kappa shape index (κ1) is 14.5. The molecule has 110 valence electrons. The molecule has 3 heteroatoms. The molecule has 0 aliphatic heterocycles. The van der Waals surface area contributed by atoms with Crippen molar-refractivity contribution in [1.82, 2.24) is 0 Å². The Morgan fingerprint density at radius 2 is 1.68 bits per heavy atom. The Morgan fingerprint density at radius 3 is 2.32 bits per heavy atom. The van der Waals surface area contributed by atoms with Crippen LogP contribution in [-0.2, 0) is 0 Å². The van der Waals surface area contributed by atoms with Crippen LogP contribution in [0, 0.1) is 0 Å². The Morgan fingerprint density at radius 1 is 0.955 bits per heavy atom. The summed E-state index contributed by atoms with van der Waals surface area (Å²) in [7, 11) is 3.98. The summed E-state index contributed by atoms with van der Waals surface area (Å²) in [5.74, 6) is 0.0621. The minimum atomic E-state index is 0.0621. The quantitative estimate of drug-likeness (QED) is 0.650. The van der Waals surface area contributed by atoms with Crippen molar-refractivity contribution in [3.8, 4) is 11.1 Å². The molecule has 22 heavy (non-hydrogen) atoms. The number of rotatable bonds is 4. The highest BCUT2D eigenvalue weighted by atomic mass is 32.1. The lowest BCUT2D eigenvalue weighted by Gasteiger charge is -2.13. The Bertz CT molecular complexity index is 773. The lowest BCUT2D eigenvalue weighted by molar-refractivity contribution is 0.103. The van der Waals surface area contributed by atoms with Gasteiger partial charge in [-0.25, -0.2) is 0 Å². The van der Waals surface area contributed by atoms with Crippen molar-refractivity contribution in [3.05, 3.63) is 76.5 Å². The molecular weight excluding hydrogens is 290 g/mol. The van der Waals surface area contributed by atoms with Crippen LogP contribution in [0.1, 0.15) is 15.9 Å². The predicted molar refractivity (Wildman–Crippen MR) is 94.0 cm³/mol. The van der Waals surface area contributed by atoms with Gasteiger partial charge in [0.2, 0.25) is 0 Å². The van der Waals surface area contributed by atoms with Gasteiger partial charge in [-0.1, -0.05) is 24.3 Å². The molecule has 0 saturated heterocycles. The maximum atomic E-state index is 12.8. The van der Waals surface area contributed by atoms with E-state index in [1.807, 2.05) is 79.0 Å². The molecule has 0 amide bonds. The summed E-state index contributed by atoms with van der Waals surface area (Å²) < 4.78 is 0. The molecule has 0 atom stereocenters. The van der Waals surface area contributed by atoms with Crippen LogP contribution in [0.25, 0.3) is 11.1 Å². The van der Waals surface area contributed by atoms with Gasteiger partial charge >= 0.3 is 0 Å². The smallest absolute Gasteiger partial charge is 0.193 e. The SMILES string of the molecule is CN(C)c1ccc(C(=O)c2ccccc2-c2ccsc2)cc1. The molecule has 0 unspecified atom stereocenters. The number of thiophene rings is 1. The molecule has 3 rings (SSSR count). The first-order valence-electron chi connectivity index (χ1n) is 7.10. The van der Waals surface area contributed by atoms with E-state index in [1.54, 1.807) is 11.3 Å². The van der Waals surface area contributed by atoms with Crippen molar-refractivity contribution in [2.45, 2.75) is 0 Å². The lowest BCUT2D eigenvalue weighted by Crippen LogP contribution is -2.09. The molecule has 0 bridgehead atoms. The fraction of sp³-hybridized carbons (Fsp3) is 0.105. The number of nitrogens with zero attached hydrogens (tertiary/aromatic N) is 1. The van der Waals surface area contributed by atoms with Crippen molar-refractivity contribution in [3.63, 3.8) is 0 Å². The third kappa shape index (κ3) is 2.81. The van der Waals surface area contributed by atoms with Crippen LogP contribution in [0.15, 0.2) is 65.4 Å². The monoisotopic (exact) mass is 307 g/mol. The fourth-order valence-corrected chi connectivity index (χ4v) is 3.07. The van der Waals surface area contributed by atoms with Crippen molar-refractivity contribution >= 4 is 22.8 Å². The molecule has 2 aromatic carbocycles. The number of benzene rings is 2. The van der Waals surface area contributed by atoms with Gasteiger partial charge in [0.25, 0.3) is 0 Å². The second-order valence-electron chi connectivity index (χ2n) is 5.33. The summed E-state index contributed by atoms with van der Waals surface area (Å²) in [4.78, 5) is 14.9. The standard InChI is InChI=1S/C19H17NOS/c1-20(2)16-9-7-14(8-10-16)19(21)18-6-4-3-5-17(18)15-11-12-22-13-15/h3-13H,1-2H3. The fourth-order valence-electron chi connectivity index (χ4n) is 2.42. The largest absolute Gasteiger partial charge is 0.378 e. The molecule has 0 spiro atoms. The molecule has 0 aliphatic rings. The summed E-state index contributed by atoms with van der Waals surface area (Å²) in [6.45, 7) is 0. The highest BCUT2D eigenvalue weighted by Crippen LogP contribution is 2.27. The van der Waals surface area contributed by atoms with Crippen molar-refractivity contribution < 1.29 is 4.79 Å². The third-order valence-corrected chi connectivity index (χ3v) is 4.33. The van der Waals surface area contributed by atoms with Crippen LogP contribution in [0.3, 0.4) is 0 Å². The molecule has 3 aromatic rings. The van der Waals surface area contributed by atoms with Gasteiger partial charge in [-0.3, -0.25) is 4.79 Å². The minimum Gasteiger partial charge on any atom is -0.378 e. The van der Waals surface area contributed by atoms with E-state index in [2.05, 4.69) is 5.38 Å². The molecule has 0 radical (unpaired) electrons. The zero-order valence-electron chi connectivity index (χ0n) is 12.6. The molecule has 0 fully saturated rings. The molecule has 2 nitrogen and oxygen atoms in total. The maximum Gasteiger partial charge on any atom is 0.193 e. The van der Waals surface area contributed by atoms with Crippen LogP contribution in [0.5, 0.6) is 0 Å². The van der Waals surface area contributed by atoms with Crippen molar-refractivity contribution in [2.24, 2.45) is 0 Å². The minimum absolute atomic E-state index is 0.0621. The zero-order chi connectivity index (χ0) is 15.5. The maximum absolute atomic E-state index is 12.8. The summed E-state index contributed by atoms with van der Waals surface area (Å²) in [6, 6.07) is 17.6. The number of carbonyl (C=O) groups excluding carboxylic acids is 1. The predicted octanol–water partition coefficient (Wildman–Crippen LogP) is 4.71. The lowest BCUT2D eigenvalue weighted by atomic mass is 9.95.